The van der Waals surface area contributed by atoms with Crippen LogP contribution in [0.15, 0.2) is 12.1 Å². The first-order chi connectivity index (χ1) is 8.34. The molecule has 1 N–H and O–H groups in total. The summed E-state index contributed by atoms with van der Waals surface area (Å²) < 4.78 is 5.01. The largest absolute Gasteiger partial charge is 0.424 e. The number of hydrogen-bond acceptors (Lipinski definition) is 4. The minimum atomic E-state index is -1.07. The van der Waals surface area contributed by atoms with E-state index < -0.39 is 11.6 Å². The molecule has 0 aliphatic heterocycles. The monoisotopic (exact) mass is 247 g/mol. The molecule has 1 atom stereocenters. The molecule has 0 bridgehead atoms. The third-order valence-electron chi connectivity index (χ3n) is 2.39. The predicted molar refractivity (Wildman–Crippen MR) is 68.1 cm³/mol. The molecule has 4 heteroatoms. The van der Waals surface area contributed by atoms with E-state index in [1.165, 1.54) is 6.92 Å². The third-order valence-corrected chi connectivity index (χ3v) is 2.39. The number of carbonyl (C=O) groups is 1. The van der Waals surface area contributed by atoms with Crippen LogP contribution in [0.4, 0.5) is 0 Å². The molecule has 1 aromatic rings. The van der Waals surface area contributed by atoms with Crippen LogP contribution in [-0.2, 0) is 4.79 Å². The Balaban J connectivity index is 3.13. The van der Waals surface area contributed by atoms with Crippen LogP contribution < -0.4 is 4.74 Å². The number of aromatic nitrogens is 1. The molecule has 0 aliphatic rings. The second-order valence-electron chi connectivity index (χ2n) is 4.27. The Morgan fingerprint density at radius 2 is 2.22 bits per heavy atom. The number of aliphatic hydroxyl groups is 1. The molecule has 1 rings (SSSR count). The van der Waals surface area contributed by atoms with Gasteiger partial charge in [0.15, 0.2) is 11.4 Å². The Hall–Kier alpha value is -1.86. The third kappa shape index (κ3) is 4.19. The average molecular weight is 247 g/mol. The van der Waals surface area contributed by atoms with Crippen LogP contribution in [0.25, 0.3) is 0 Å². The van der Waals surface area contributed by atoms with Crippen molar-refractivity contribution in [1.29, 1.82) is 0 Å². The van der Waals surface area contributed by atoms with Gasteiger partial charge >= 0.3 is 5.97 Å². The number of nitrogens with zero attached hydrogens (tertiary/aromatic N) is 1. The van der Waals surface area contributed by atoms with Crippen LogP contribution in [0.5, 0.6) is 5.75 Å². The summed E-state index contributed by atoms with van der Waals surface area (Å²) in [6.07, 6.45) is 0.509. The van der Waals surface area contributed by atoms with Crippen LogP contribution in [-0.4, -0.2) is 21.7 Å². The quantitative estimate of drug-likeness (QED) is 0.640. The first kappa shape index (κ1) is 14.2. The summed E-state index contributed by atoms with van der Waals surface area (Å²) >= 11 is 0. The maximum Gasteiger partial charge on any atom is 0.308 e. The smallest absolute Gasteiger partial charge is 0.308 e. The average Bonchev–Trinajstić information content (AvgIpc) is 2.29. The van der Waals surface area contributed by atoms with Crippen molar-refractivity contribution in [2.45, 2.75) is 39.7 Å². The minimum Gasteiger partial charge on any atom is -0.424 e. The summed E-state index contributed by atoms with van der Waals surface area (Å²) in [6.45, 7) is 6.60. The number of ether oxygens (including phenoxy) is 1. The molecule has 0 saturated carbocycles. The van der Waals surface area contributed by atoms with Gasteiger partial charge in [0.1, 0.15) is 5.60 Å². The maximum absolute atomic E-state index is 11.0. The molecule has 0 saturated heterocycles. The Morgan fingerprint density at radius 1 is 1.56 bits per heavy atom. The van der Waals surface area contributed by atoms with Gasteiger partial charge in [-0.25, -0.2) is 4.98 Å². The number of hydrogen-bond donors (Lipinski definition) is 1. The Labute approximate surface area is 107 Å². The van der Waals surface area contributed by atoms with Gasteiger partial charge in [-0.2, -0.15) is 0 Å². The van der Waals surface area contributed by atoms with E-state index in [1.54, 1.807) is 19.1 Å². The van der Waals surface area contributed by atoms with Crippen molar-refractivity contribution in [2.75, 3.05) is 0 Å². The second-order valence-corrected chi connectivity index (χ2v) is 4.27. The normalized spacial score (nSPS) is 13.2. The number of esters is 1. The number of carbonyl (C=O) groups excluding carboxylic acids is 1. The molecule has 96 valence electrons. The topological polar surface area (TPSA) is 59.4 Å². The van der Waals surface area contributed by atoms with Gasteiger partial charge in [-0.1, -0.05) is 12.8 Å². The van der Waals surface area contributed by atoms with Gasteiger partial charge in [0.2, 0.25) is 0 Å². The SMILES string of the molecule is CCC(C)(O)C#Cc1nc(C)ccc1OC(C)=O. The lowest BCUT2D eigenvalue weighted by molar-refractivity contribution is -0.131. The summed E-state index contributed by atoms with van der Waals surface area (Å²) in [4.78, 5) is 15.2. The van der Waals surface area contributed by atoms with Crippen LogP contribution in [0, 0.1) is 18.8 Å². The fourth-order valence-corrected chi connectivity index (χ4v) is 1.15. The van der Waals surface area contributed by atoms with Crippen molar-refractivity contribution in [3.8, 4) is 17.6 Å². The van der Waals surface area contributed by atoms with Crippen LogP contribution in [0.2, 0.25) is 0 Å². The van der Waals surface area contributed by atoms with Crippen molar-refractivity contribution < 1.29 is 14.6 Å². The van der Waals surface area contributed by atoms with E-state index in [1.807, 2.05) is 13.8 Å². The van der Waals surface area contributed by atoms with Gasteiger partial charge in [0, 0.05) is 12.6 Å². The summed E-state index contributed by atoms with van der Waals surface area (Å²) in [6, 6.07) is 3.38. The zero-order valence-electron chi connectivity index (χ0n) is 11.1. The molecular weight excluding hydrogens is 230 g/mol. The second kappa shape index (κ2) is 5.65. The molecule has 18 heavy (non-hydrogen) atoms. The Morgan fingerprint density at radius 3 is 2.78 bits per heavy atom. The fourth-order valence-electron chi connectivity index (χ4n) is 1.15. The molecule has 0 fully saturated rings. The van der Waals surface area contributed by atoms with Crippen LogP contribution >= 0.6 is 0 Å². The van der Waals surface area contributed by atoms with Crippen molar-refractivity contribution in [2.24, 2.45) is 0 Å². The van der Waals surface area contributed by atoms with E-state index in [9.17, 15) is 9.90 Å². The van der Waals surface area contributed by atoms with E-state index in [0.717, 1.165) is 5.69 Å². The van der Waals surface area contributed by atoms with Crippen LogP contribution in [0.1, 0.15) is 38.6 Å². The standard InChI is InChI=1S/C14H17NO3/c1-5-14(4,17)9-8-12-13(18-11(3)16)7-6-10(2)15-12/h6-7,17H,5H2,1-4H3. The molecule has 0 aliphatic carbocycles. The van der Waals surface area contributed by atoms with E-state index in [4.69, 9.17) is 4.74 Å². The minimum absolute atomic E-state index is 0.313. The first-order valence-corrected chi connectivity index (χ1v) is 5.75. The van der Waals surface area contributed by atoms with Crippen molar-refractivity contribution in [1.82, 2.24) is 4.98 Å². The van der Waals surface area contributed by atoms with E-state index in [0.29, 0.717) is 17.9 Å². The highest BCUT2D eigenvalue weighted by Gasteiger charge is 2.13. The number of pyridine rings is 1. The zero-order valence-corrected chi connectivity index (χ0v) is 11.1. The lowest BCUT2D eigenvalue weighted by Crippen LogP contribution is -2.19. The highest BCUT2D eigenvalue weighted by Crippen LogP contribution is 2.17. The predicted octanol–water partition coefficient (Wildman–Crippen LogP) is 1.83. The molecule has 0 amide bonds. The maximum atomic E-state index is 11.0. The van der Waals surface area contributed by atoms with E-state index in [2.05, 4.69) is 16.8 Å². The molecule has 4 nitrogen and oxygen atoms in total. The molecule has 0 aromatic carbocycles. The number of aryl methyl sites for hydroxylation is 1. The van der Waals surface area contributed by atoms with Gasteiger partial charge in [-0.3, -0.25) is 4.79 Å². The van der Waals surface area contributed by atoms with Crippen molar-refractivity contribution in [3.63, 3.8) is 0 Å². The van der Waals surface area contributed by atoms with Gasteiger partial charge in [0.25, 0.3) is 0 Å². The van der Waals surface area contributed by atoms with E-state index in [-0.39, 0.29) is 0 Å². The van der Waals surface area contributed by atoms with Gasteiger partial charge in [0.05, 0.1) is 0 Å². The van der Waals surface area contributed by atoms with E-state index >= 15 is 0 Å². The molecule has 1 aromatic heterocycles. The molecular formula is C14H17NO3. The van der Waals surface area contributed by atoms with Gasteiger partial charge in [-0.15, -0.1) is 0 Å². The Kier molecular flexibility index (Phi) is 4.46. The molecule has 0 radical (unpaired) electrons. The summed E-state index contributed by atoms with van der Waals surface area (Å²) in [5.74, 6) is 5.37. The lowest BCUT2D eigenvalue weighted by Gasteiger charge is -2.12. The van der Waals surface area contributed by atoms with Gasteiger partial charge < -0.3 is 9.84 Å². The highest BCUT2D eigenvalue weighted by atomic mass is 16.5. The highest BCUT2D eigenvalue weighted by molar-refractivity contribution is 5.70. The lowest BCUT2D eigenvalue weighted by atomic mass is 10.0. The Bertz CT molecular complexity index is 510. The fraction of sp³-hybridized carbons (Fsp3) is 0.429. The number of rotatable bonds is 2. The molecule has 0 spiro atoms. The molecule has 1 heterocycles. The van der Waals surface area contributed by atoms with Crippen molar-refractivity contribution >= 4 is 5.97 Å². The van der Waals surface area contributed by atoms with Crippen molar-refractivity contribution in [3.05, 3.63) is 23.5 Å². The zero-order chi connectivity index (χ0) is 13.8. The first-order valence-electron chi connectivity index (χ1n) is 5.75. The summed E-state index contributed by atoms with van der Waals surface area (Å²) in [7, 11) is 0. The van der Waals surface area contributed by atoms with Gasteiger partial charge in [-0.05, 0) is 38.3 Å². The van der Waals surface area contributed by atoms with Crippen LogP contribution in [0.3, 0.4) is 0 Å². The summed E-state index contributed by atoms with van der Waals surface area (Å²) in [5, 5.41) is 9.82. The summed E-state index contributed by atoms with van der Waals surface area (Å²) in [5.41, 5.74) is 0.0594. The molecule has 1 unspecified atom stereocenters.